The number of carbonyl (C=O) groups is 2. The van der Waals surface area contributed by atoms with E-state index in [1.54, 1.807) is 31.6 Å². The second kappa shape index (κ2) is 11.5. The smallest absolute Gasteiger partial charge is 0.316 e. The second-order valence-corrected chi connectivity index (χ2v) is 11.3. The topological polar surface area (TPSA) is 118 Å². The number of rotatable bonds is 8. The maximum absolute atomic E-state index is 14.7. The predicted octanol–water partition coefficient (Wildman–Crippen LogP) is 3.49. The van der Waals surface area contributed by atoms with Gasteiger partial charge in [0.15, 0.2) is 5.82 Å². The molecule has 0 aliphatic carbocycles. The number of nitrogens with zero attached hydrogens (tertiary/aromatic N) is 6. The maximum Gasteiger partial charge on any atom is 0.316 e. The van der Waals surface area contributed by atoms with E-state index in [-0.39, 0.29) is 29.5 Å². The largest absolute Gasteiger partial charge is 0.463 e. The van der Waals surface area contributed by atoms with Gasteiger partial charge >= 0.3 is 6.01 Å². The maximum atomic E-state index is 14.7. The lowest BCUT2D eigenvalue weighted by atomic mass is 10.0. The van der Waals surface area contributed by atoms with Crippen molar-refractivity contribution in [2.45, 2.75) is 45.2 Å². The third-order valence-corrected chi connectivity index (χ3v) is 7.76. The Morgan fingerprint density at radius 1 is 1.19 bits per heavy atom. The van der Waals surface area contributed by atoms with Gasteiger partial charge in [0.1, 0.15) is 5.52 Å². The molecule has 6 rings (SSSR count). The van der Waals surface area contributed by atoms with Crippen molar-refractivity contribution >= 4 is 45.0 Å². The number of piperazine rings is 1. The first kappa shape index (κ1) is 27.8. The Hall–Kier alpha value is -4.32. The van der Waals surface area contributed by atoms with Crippen LogP contribution in [0, 0.1) is 5.82 Å². The van der Waals surface area contributed by atoms with Crippen LogP contribution < -0.4 is 20.3 Å². The van der Waals surface area contributed by atoms with Gasteiger partial charge in [-0.3, -0.25) is 14.3 Å². The van der Waals surface area contributed by atoms with Gasteiger partial charge in [0.2, 0.25) is 5.91 Å². The molecule has 0 radical (unpaired) electrons. The molecular formula is C30H35FN8O3. The fourth-order valence-corrected chi connectivity index (χ4v) is 5.98. The molecule has 4 heterocycles. The number of carbonyl (C=O) groups excluding carboxylic acids is 2. The number of aryl methyl sites for hydroxylation is 1. The molecule has 2 amide bonds. The first-order chi connectivity index (χ1) is 20.2. The SMILES string of the molecule is C[C@H]1CN(c2ccc(C(=O)Nc3cc(F)c4nn(C)cc4c3)c3nc(OCCCN4CCCC4=O)ncc23)C[C@H](C)N1. The van der Waals surface area contributed by atoms with Crippen molar-refractivity contribution < 1.29 is 18.7 Å². The summed E-state index contributed by atoms with van der Waals surface area (Å²) in [5.41, 5.74) is 2.28. The summed E-state index contributed by atoms with van der Waals surface area (Å²) in [4.78, 5) is 38.8. The molecule has 2 saturated heterocycles. The van der Waals surface area contributed by atoms with Crippen LogP contribution >= 0.6 is 0 Å². The van der Waals surface area contributed by atoms with E-state index in [1.165, 1.54) is 10.7 Å². The number of anilines is 2. The van der Waals surface area contributed by atoms with Gasteiger partial charge in [-0.05, 0) is 51.0 Å². The molecule has 2 aliphatic rings. The highest BCUT2D eigenvalue weighted by Crippen LogP contribution is 2.31. The lowest BCUT2D eigenvalue weighted by Gasteiger charge is -2.38. The Bertz CT molecular complexity index is 1650. The van der Waals surface area contributed by atoms with E-state index in [0.29, 0.717) is 48.1 Å². The first-order valence-electron chi connectivity index (χ1n) is 14.4. The molecule has 220 valence electrons. The standard InChI is InChI=1S/C30H35FN8O3/c1-18-15-39(16-19(2)33-18)25-8-7-22(29(41)34-21-12-20-17-37(3)36-27(20)24(31)13-21)28-23(25)14-32-30(35-28)42-11-5-10-38-9-4-6-26(38)40/h7-8,12-14,17-19,33H,4-6,9-11,15-16H2,1-3H3,(H,34,41)/t18-,19-/m0/s1. The third-order valence-electron chi connectivity index (χ3n) is 7.76. The molecule has 0 spiro atoms. The zero-order valence-electron chi connectivity index (χ0n) is 24.1. The highest BCUT2D eigenvalue weighted by Gasteiger charge is 2.25. The molecule has 42 heavy (non-hydrogen) atoms. The van der Waals surface area contributed by atoms with Crippen LogP contribution in [-0.2, 0) is 11.8 Å². The fraction of sp³-hybridized carbons (Fsp3) is 0.433. The van der Waals surface area contributed by atoms with Gasteiger partial charge < -0.3 is 25.2 Å². The molecule has 2 atom stereocenters. The van der Waals surface area contributed by atoms with Gasteiger partial charge in [-0.15, -0.1) is 0 Å². The fourth-order valence-electron chi connectivity index (χ4n) is 5.98. The van der Waals surface area contributed by atoms with E-state index in [0.717, 1.165) is 37.1 Å². The molecule has 2 aromatic carbocycles. The van der Waals surface area contributed by atoms with Crippen LogP contribution in [0.5, 0.6) is 6.01 Å². The number of aromatic nitrogens is 4. The van der Waals surface area contributed by atoms with E-state index in [9.17, 15) is 14.0 Å². The summed E-state index contributed by atoms with van der Waals surface area (Å²) in [6.45, 7) is 7.63. The summed E-state index contributed by atoms with van der Waals surface area (Å²) >= 11 is 0. The summed E-state index contributed by atoms with van der Waals surface area (Å²) in [7, 11) is 1.72. The number of nitrogens with one attached hydrogen (secondary N) is 2. The van der Waals surface area contributed by atoms with Crippen molar-refractivity contribution in [3.05, 3.63) is 48.0 Å². The molecule has 2 aliphatic heterocycles. The number of benzene rings is 2. The van der Waals surface area contributed by atoms with Crippen LogP contribution in [0.25, 0.3) is 21.8 Å². The average Bonchev–Trinajstić information content (AvgIpc) is 3.54. The molecule has 12 heteroatoms. The van der Waals surface area contributed by atoms with Crippen molar-refractivity contribution in [2.24, 2.45) is 7.05 Å². The van der Waals surface area contributed by atoms with Gasteiger partial charge in [-0.25, -0.2) is 9.37 Å². The third kappa shape index (κ3) is 5.71. The van der Waals surface area contributed by atoms with Crippen molar-refractivity contribution in [2.75, 3.05) is 43.0 Å². The van der Waals surface area contributed by atoms with Crippen LogP contribution in [0.4, 0.5) is 15.8 Å². The molecular weight excluding hydrogens is 539 g/mol. The number of hydrogen-bond acceptors (Lipinski definition) is 8. The normalized spacial score (nSPS) is 19.2. The van der Waals surface area contributed by atoms with E-state index >= 15 is 0 Å². The van der Waals surface area contributed by atoms with Gasteiger partial charge in [-0.2, -0.15) is 10.1 Å². The lowest BCUT2D eigenvalue weighted by molar-refractivity contribution is -0.127. The van der Waals surface area contributed by atoms with E-state index in [1.807, 2.05) is 11.0 Å². The quantitative estimate of drug-likeness (QED) is 0.307. The van der Waals surface area contributed by atoms with Gasteiger partial charge in [-0.1, -0.05) is 0 Å². The van der Waals surface area contributed by atoms with Crippen LogP contribution in [0.15, 0.2) is 36.7 Å². The lowest BCUT2D eigenvalue weighted by Crippen LogP contribution is -2.54. The summed E-state index contributed by atoms with van der Waals surface area (Å²) < 4.78 is 22.1. The van der Waals surface area contributed by atoms with Crippen LogP contribution in [-0.4, -0.2) is 81.3 Å². The van der Waals surface area contributed by atoms with Crippen LogP contribution in [0.2, 0.25) is 0 Å². The minimum Gasteiger partial charge on any atom is -0.463 e. The molecule has 2 aromatic heterocycles. The van der Waals surface area contributed by atoms with Crippen molar-refractivity contribution in [3.63, 3.8) is 0 Å². The van der Waals surface area contributed by atoms with Gasteiger partial charge in [0.25, 0.3) is 5.91 Å². The Labute approximate surface area is 243 Å². The number of fused-ring (bicyclic) bond motifs is 2. The van der Waals surface area contributed by atoms with E-state index in [2.05, 4.69) is 44.4 Å². The van der Waals surface area contributed by atoms with E-state index < -0.39 is 11.7 Å². The second-order valence-electron chi connectivity index (χ2n) is 11.3. The van der Waals surface area contributed by atoms with Crippen LogP contribution in [0.1, 0.15) is 43.5 Å². The van der Waals surface area contributed by atoms with Gasteiger partial charge in [0, 0.05) is 86.3 Å². The first-order valence-corrected chi connectivity index (χ1v) is 14.4. The molecule has 0 unspecified atom stereocenters. The Kier molecular flexibility index (Phi) is 7.63. The summed E-state index contributed by atoms with van der Waals surface area (Å²) in [5, 5.41) is 11.8. The van der Waals surface area contributed by atoms with Crippen LogP contribution in [0.3, 0.4) is 0 Å². The molecule has 2 fully saturated rings. The minimum atomic E-state index is -0.515. The highest BCUT2D eigenvalue weighted by molar-refractivity contribution is 6.14. The Morgan fingerprint density at radius 3 is 2.76 bits per heavy atom. The summed E-state index contributed by atoms with van der Waals surface area (Å²) in [6.07, 6.45) is 5.55. The Balaban J connectivity index is 1.29. The van der Waals surface area contributed by atoms with Crippen molar-refractivity contribution in [1.29, 1.82) is 0 Å². The molecule has 4 aromatic rings. The van der Waals surface area contributed by atoms with E-state index in [4.69, 9.17) is 4.74 Å². The zero-order chi connectivity index (χ0) is 29.4. The monoisotopic (exact) mass is 574 g/mol. The molecule has 2 N–H and O–H groups in total. The molecule has 0 bridgehead atoms. The highest BCUT2D eigenvalue weighted by atomic mass is 19.1. The summed E-state index contributed by atoms with van der Waals surface area (Å²) in [5.74, 6) is -0.758. The molecule has 0 saturated carbocycles. The van der Waals surface area contributed by atoms with Crippen molar-refractivity contribution in [3.8, 4) is 6.01 Å². The minimum absolute atomic E-state index is 0.159. The number of hydrogen-bond donors (Lipinski definition) is 2. The number of likely N-dealkylation sites (tertiary alicyclic amines) is 1. The number of halogens is 1. The number of amides is 2. The molecule has 11 nitrogen and oxygen atoms in total. The number of ether oxygens (including phenoxy) is 1. The average molecular weight is 575 g/mol. The zero-order valence-corrected chi connectivity index (χ0v) is 24.1. The summed E-state index contributed by atoms with van der Waals surface area (Å²) in [6, 6.07) is 7.36. The van der Waals surface area contributed by atoms with Crippen molar-refractivity contribution in [1.82, 2.24) is 30.0 Å². The predicted molar refractivity (Wildman–Crippen MR) is 158 cm³/mol. The Morgan fingerprint density at radius 2 is 2.00 bits per heavy atom. The van der Waals surface area contributed by atoms with Gasteiger partial charge in [0.05, 0.1) is 17.7 Å².